The monoisotopic (exact) mass is 195 g/mol. The van der Waals surface area contributed by atoms with E-state index >= 15 is 0 Å². The van der Waals surface area contributed by atoms with Crippen LogP contribution in [0.2, 0.25) is 0 Å². The van der Waals surface area contributed by atoms with Crippen LogP contribution in [0.5, 0.6) is 5.88 Å². The predicted molar refractivity (Wildman–Crippen MR) is 51.6 cm³/mol. The predicted octanol–water partition coefficient (Wildman–Crippen LogP) is 1.96. The Kier molecular flexibility index (Phi) is 3.45. The summed E-state index contributed by atoms with van der Waals surface area (Å²) in [5.41, 5.74) is 0.168. The molecule has 4 heteroatoms. The van der Waals surface area contributed by atoms with Gasteiger partial charge in [0.25, 0.3) is 0 Å². The maximum Gasteiger partial charge on any atom is 0.337 e. The first-order chi connectivity index (χ1) is 6.63. The number of carbonyl (C=O) groups is 1. The normalized spacial score (nSPS) is 12.1. The molecule has 0 spiro atoms. The molecule has 0 aromatic carbocycles. The number of carboxylic acids is 1. The van der Waals surface area contributed by atoms with E-state index in [1.165, 1.54) is 12.3 Å². The van der Waals surface area contributed by atoms with Gasteiger partial charge in [-0.1, -0.05) is 6.92 Å². The number of rotatable bonds is 4. The van der Waals surface area contributed by atoms with Gasteiger partial charge in [-0.05, 0) is 19.4 Å². The Labute approximate surface area is 82.5 Å². The summed E-state index contributed by atoms with van der Waals surface area (Å²) in [6.45, 7) is 3.95. The Balaban J connectivity index is 2.68. The molecule has 1 N–H and O–H groups in total. The molecule has 0 aliphatic heterocycles. The van der Waals surface area contributed by atoms with Crippen LogP contribution in [0.4, 0.5) is 0 Å². The average molecular weight is 195 g/mol. The topological polar surface area (TPSA) is 59.4 Å². The van der Waals surface area contributed by atoms with E-state index in [0.717, 1.165) is 6.42 Å². The lowest BCUT2D eigenvalue weighted by Gasteiger charge is -2.10. The molecule has 1 aromatic rings. The third-order valence-electron chi connectivity index (χ3n) is 1.88. The highest BCUT2D eigenvalue weighted by Gasteiger charge is 2.05. The molecular weight excluding hydrogens is 182 g/mol. The van der Waals surface area contributed by atoms with E-state index in [0.29, 0.717) is 5.88 Å². The molecule has 1 rings (SSSR count). The van der Waals surface area contributed by atoms with Crippen LogP contribution in [-0.4, -0.2) is 22.2 Å². The highest BCUT2D eigenvalue weighted by atomic mass is 16.5. The third kappa shape index (κ3) is 2.73. The molecule has 0 amide bonds. The van der Waals surface area contributed by atoms with E-state index in [2.05, 4.69) is 4.98 Å². The second-order valence-corrected chi connectivity index (χ2v) is 3.03. The Morgan fingerprint density at radius 1 is 1.64 bits per heavy atom. The van der Waals surface area contributed by atoms with Crippen molar-refractivity contribution in [3.63, 3.8) is 0 Å². The summed E-state index contributed by atoms with van der Waals surface area (Å²) in [6.07, 6.45) is 2.28. The van der Waals surface area contributed by atoms with Crippen LogP contribution in [0.25, 0.3) is 0 Å². The number of aromatic carboxylic acids is 1. The van der Waals surface area contributed by atoms with Crippen molar-refractivity contribution in [3.05, 3.63) is 23.9 Å². The second kappa shape index (κ2) is 4.60. The SMILES string of the molecule is CCC(C)Oc1ccc(C(=O)O)cn1. The third-order valence-corrected chi connectivity index (χ3v) is 1.88. The quantitative estimate of drug-likeness (QED) is 0.797. The summed E-state index contributed by atoms with van der Waals surface area (Å²) in [5.74, 6) is -0.517. The molecule has 4 nitrogen and oxygen atoms in total. The lowest BCUT2D eigenvalue weighted by Crippen LogP contribution is -2.10. The van der Waals surface area contributed by atoms with Crippen molar-refractivity contribution in [2.75, 3.05) is 0 Å². The summed E-state index contributed by atoms with van der Waals surface area (Å²) >= 11 is 0. The van der Waals surface area contributed by atoms with Crippen LogP contribution in [0.15, 0.2) is 18.3 Å². The number of pyridine rings is 1. The van der Waals surface area contributed by atoms with Gasteiger partial charge < -0.3 is 9.84 Å². The van der Waals surface area contributed by atoms with Crippen molar-refractivity contribution in [1.82, 2.24) is 4.98 Å². The molecule has 1 heterocycles. The van der Waals surface area contributed by atoms with E-state index in [-0.39, 0.29) is 11.7 Å². The zero-order valence-corrected chi connectivity index (χ0v) is 8.23. The summed E-state index contributed by atoms with van der Waals surface area (Å²) in [4.78, 5) is 14.4. The standard InChI is InChI=1S/C10H13NO3/c1-3-7(2)14-9-5-4-8(6-11-9)10(12)13/h4-7H,3H2,1-2H3,(H,12,13). The highest BCUT2D eigenvalue weighted by molar-refractivity contribution is 5.87. The van der Waals surface area contributed by atoms with Gasteiger partial charge in [0.1, 0.15) is 0 Å². The lowest BCUT2D eigenvalue weighted by atomic mass is 10.3. The largest absolute Gasteiger partial charge is 0.478 e. The van der Waals surface area contributed by atoms with Crippen molar-refractivity contribution in [1.29, 1.82) is 0 Å². The van der Waals surface area contributed by atoms with Crippen LogP contribution in [0, 0.1) is 0 Å². The molecule has 0 radical (unpaired) electrons. The first-order valence-corrected chi connectivity index (χ1v) is 4.49. The maximum atomic E-state index is 10.5. The van der Waals surface area contributed by atoms with Crippen LogP contribution in [0.3, 0.4) is 0 Å². The number of ether oxygens (including phenoxy) is 1. The van der Waals surface area contributed by atoms with Gasteiger partial charge in [-0.25, -0.2) is 9.78 Å². The number of hydrogen-bond acceptors (Lipinski definition) is 3. The molecule has 0 aliphatic carbocycles. The molecule has 14 heavy (non-hydrogen) atoms. The fourth-order valence-corrected chi connectivity index (χ4v) is 0.866. The minimum atomic E-state index is -0.979. The highest BCUT2D eigenvalue weighted by Crippen LogP contribution is 2.10. The second-order valence-electron chi connectivity index (χ2n) is 3.03. The Morgan fingerprint density at radius 3 is 2.79 bits per heavy atom. The fraction of sp³-hybridized carbons (Fsp3) is 0.400. The fourth-order valence-electron chi connectivity index (χ4n) is 0.866. The average Bonchev–Trinajstić information content (AvgIpc) is 2.18. The summed E-state index contributed by atoms with van der Waals surface area (Å²) < 4.78 is 5.39. The van der Waals surface area contributed by atoms with Crippen molar-refractivity contribution in [3.8, 4) is 5.88 Å². The van der Waals surface area contributed by atoms with Gasteiger partial charge in [-0.15, -0.1) is 0 Å². The summed E-state index contributed by atoms with van der Waals surface area (Å²) in [5, 5.41) is 8.62. The van der Waals surface area contributed by atoms with Crippen molar-refractivity contribution in [2.45, 2.75) is 26.4 Å². The van der Waals surface area contributed by atoms with Gasteiger partial charge in [0, 0.05) is 12.3 Å². The van der Waals surface area contributed by atoms with E-state index in [4.69, 9.17) is 9.84 Å². The van der Waals surface area contributed by atoms with Crippen LogP contribution < -0.4 is 4.74 Å². The van der Waals surface area contributed by atoms with Crippen LogP contribution in [0.1, 0.15) is 30.6 Å². The van der Waals surface area contributed by atoms with Crippen molar-refractivity contribution < 1.29 is 14.6 Å². The van der Waals surface area contributed by atoms with E-state index in [1.54, 1.807) is 6.07 Å². The molecule has 1 aromatic heterocycles. The van der Waals surface area contributed by atoms with Gasteiger partial charge in [0.15, 0.2) is 0 Å². The van der Waals surface area contributed by atoms with E-state index in [1.807, 2.05) is 13.8 Å². The van der Waals surface area contributed by atoms with Crippen molar-refractivity contribution in [2.24, 2.45) is 0 Å². The van der Waals surface area contributed by atoms with Gasteiger partial charge in [0.05, 0.1) is 11.7 Å². The van der Waals surface area contributed by atoms with Crippen molar-refractivity contribution >= 4 is 5.97 Å². The molecule has 1 unspecified atom stereocenters. The molecule has 1 atom stereocenters. The molecule has 0 bridgehead atoms. The van der Waals surface area contributed by atoms with Crippen LogP contribution in [-0.2, 0) is 0 Å². The Hall–Kier alpha value is -1.58. The minimum absolute atomic E-state index is 0.0955. The van der Waals surface area contributed by atoms with E-state index < -0.39 is 5.97 Å². The van der Waals surface area contributed by atoms with Gasteiger partial charge >= 0.3 is 5.97 Å². The molecule has 0 fully saturated rings. The Morgan fingerprint density at radius 2 is 2.36 bits per heavy atom. The zero-order valence-electron chi connectivity index (χ0n) is 8.23. The molecule has 0 saturated carbocycles. The minimum Gasteiger partial charge on any atom is -0.478 e. The number of hydrogen-bond donors (Lipinski definition) is 1. The number of carboxylic acid groups (broad SMARTS) is 1. The molecule has 0 saturated heterocycles. The van der Waals surface area contributed by atoms with Gasteiger partial charge in [0.2, 0.25) is 5.88 Å². The lowest BCUT2D eigenvalue weighted by molar-refractivity contribution is 0.0696. The zero-order chi connectivity index (χ0) is 10.6. The number of aromatic nitrogens is 1. The van der Waals surface area contributed by atoms with Gasteiger partial charge in [-0.2, -0.15) is 0 Å². The first-order valence-electron chi connectivity index (χ1n) is 4.49. The van der Waals surface area contributed by atoms with Crippen LogP contribution >= 0.6 is 0 Å². The summed E-state index contributed by atoms with van der Waals surface area (Å²) in [7, 11) is 0. The summed E-state index contributed by atoms with van der Waals surface area (Å²) in [6, 6.07) is 3.04. The van der Waals surface area contributed by atoms with Gasteiger partial charge in [-0.3, -0.25) is 0 Å². The number of nitrogens with zero attached hydrogens (tertiary/aromatic N) is 1. The molecule has 0 aliphatic rings. The molecular formula is C10H13NO3. The smallest absolute Gasteiger partial charge is 0.337 e. The maximum absolute atomic E-state index is 10.5. The van der Waals surface area contributed by atoms with E-state index in [9.17, 15) is 4.79 Å². The Bertz CT molecular complexity index is 308. The molecule has 76 valence electrons. The first kappa shape index (κ1) is 10.5.